The smallest absolute Gasteiger partial charge is 0.133 e. The van der Waals surface area contributed by atoms with Crippen LogP contribution in [0.3, 0.4) is 0 Å². The number of aliphatic hydroxyl groups excluding tert-OH is 2. The number of Topliss-reactive ketones (excluding diaryl/α,β-unsaturated/α-hetero) is 1. The second-order valence-corrected chi connectivity index (χ2v) is 8.27. The van der Waals surface area contributed by atoms with E-state index in [9.17, 15) is 15.0 Å². The van der Waals surface area contributed by atoms with Gasteiger partial charge >= 0.3 is 0 Å². The quantitative estimate of drug-likeness (QED) is 0.829. The third-order valence-corrected chi connectivity index (χ3v) is 6.60. The second-order valence-electron chi connectivity index (χ2n) is 8.27. The number of allylic oxidation sites excluding steroid dienone is 4. The number of carbonyl (C=O) groups excluding carboxylic acids is 1. The summed E-state index contributed by atoms with van der Waals surface area (Å²) in [7, 11) is 0. The Morgan fingerprint density at radius 2 is 2.00 bits per heavy atom. The van der Waals surface area contributed by atoms with Gasteiger partial charge in [-0.15, -0.1) is 0 Å². The van der Waals surface area contributed by atoms with Crippen LogP contribution in [0.5, 0.6) is 0 Å². The predicted molar refractivity (Wildman–Crippen MR) is 95.4 cm³/mol. The van der Waals surface area contributed by atoms with Crippen molar-refractivity contribution < 1.29 is 15.0 Å². The van der Waals surface area contributed by atoms with Gasteiger partial charge in [0.05, 0.1) is 12.2 Å². The molecule has 0 unspecified atom stereocenters. The number of carbonyl (C=O) groups is 1. The Balaban J connectivity index is 1.86. The zero-order valence-corrected chi connectivity index (χ0v) is 15.1. The number of aliphatic hydroxyl groups is 2. The van der Waals surface area contributed by atoms with Crippen LogP contribution in [0.1, 0.15) is 59.3 Å². The lowest BCUT2D eigenvalue weighted by Gasteiger charge is -2.41. The first-order valence-corrected chi connectivity index (χ1v) is 9.26. The molecule has 3 heteroatoms. The molecule has 2 N–H and O–H groups in total. The minimum Gasteiger partial charge on any atom is -0.393 e. The molecule has 0 spiro atoms. The van der Waals surface area contributed by atoms with Crippen LogP contribution in [0.4, 0.5) is 0 Å². The van der Waals surface area contributed by atoms with E-state index in [1.54, 1.807) is 6.92 Å². The van der Waals surface area contributed by atoms with E-state index in [1.165, 1.54) is 16.7 Å². The van der Waals surface area contributed by atoms with Crippen molar-refractivity contribution in [2.45, 2.75) is 71.5 Å². The summed E-state index contributed by atoms with van der Waals surface area (Å²) < 4.78 is 0. The van der Waals surface area contributed by atoms with Gasteiger partial charge in [-0.1, -0.05) is 30.7 Å². The topological polar surface area (TPSA) is 57.5 Å². The van der Waals surface area contributed by atoms with Crippen LogP contribution >= 0.6 is 0 Å². The van der Waals surface area contributed by atoms with E-state index in [0.29, 0.717) is 12.3 Å². The normalized spacial score (nSPS) is 40.0. The van der Waals surface area contributed by atoms with E-state index in [4.69, 9.17) is 0 Å². The summed E-state index contributed by atoms with van der Waals surface area (Å²) in [5.41, 5.74) is 3.61. The molecular formula is C21H30O3. The number of ketones is 1. The molecule has 0 radical (unpaired) electrons. The van der Waals surface area contributed by atoms with Crippen molar-refractivity contribution >= 4 is 5.78 Å². The maximum absolute atomic E-state index is 12.0. The van der Waals surface area contributed by atoms with E-state index in [1.807, 2.05) is 6.08 Å². The molecule has 3 rings (SSSR count). The third-order valence-electron chi connectivity index (χ3n) is 6.60. The molecule has 0 heterocycles. The van der Waals surface area contributed by atoms with Gasteiger partial charge in [0.15, 0.2) is 0 Å². The Bertz CT molecular complexity index is 613. The molecule has 0 aliphatic heterocycles. The molecule has 0 bridgehead atoms. The van der Waals surface area contributed by atoms with Gasteiger partial charge in [0.2, 0.25) is 0 Å². The molecule has 1 fully saturated rings. The minimum absolute atomic E-state index is 0.0618. The first kappa shape index (κ1) is 17.6. The van der Waals surface area contributed by atoms with Crippen molar-refractivity contribution in [3.63, 3.8) is 0 Å². The highest BCUT2D eigenvalue weighted by atomic mass is 16.3. The van der Waals surface area contributed by atoms with Gasteiger partial charge in [0.1, 0.15) is 5.78 Å². The molecule has 0 amide bonds. The molecule has 3 aliphatic rings. The fraction of sp³-hybridized carbons (Fsp3) is 0.667. The van der Waals surface area contributed by atoms with E-state index in [2.05, 4.69) is 26.0 Å². The average Bonchev–Trinajstić information content (AvgIpc) is 2.84. The Labute approximate surface area is 145 Å². The average molecular weight is 330 g/mol. The van der Waals surface area contributed by atoms with Gasteiger partial charge in [-0.05, 0) is 74.9 Å². The number of hydrogen-bond donors (Lipinski definition) is 2. The first-order chi connectivity index (χ1) is 11.3. The molecule has 1 saturated carbocycles. The zero-order chi connectivity index (χ0) is 17.5. The Morgan fingerprint density at radius 1 is 1.25 bits per heavy atom. The number of rotatable bonds is 3. The summed E-state index contributed by atoms with van der Waals surface area (Å²) in [4.78, 5) is 12.0. The maximum Gasteiger partial charge on any atom is 0.133 e. The van der Waals surface area contributed by atoms with Crippen molar-refractivity contribution in [2.75, 3.05) is 0 Å². The highest BCUT2D eigenvalue weighted by molar-refractivity contribution is 5.79. The monoisotopic (exact) mass is 330 g/mol. The van der Waals surface area contributed by atoms with E-state index in [0.717, 1.165) is 32.1 Å². The van der Waals surface area contributed by atoms with E-state index >= 15 is 0 Å². The van der Waals surface area contributed by atoms with Crippen molar-refractivity contribution in [3.8, 4) is 0 Å². The molecule has 24 heavy (non-hydrogen) atoms. The minimum atomic E-state index is -0.474. The molecule has 3 nitrogen and oxygen atoms in total. The summed E-state index contributed by atoms with van der Waals surface area (Å²) >= 11 is 0. The Morgan fingerprint density at radius 3 is 2.71 bits per heavy atom. The number of hydrogen-bond acceptors (Lipinski definition) is 3. The lowest BCUT2D eigenvalue weighted by Crippen LogP contribution is -2.39. The molecule has 0 aromatic heterocycles. The molecule has 0 aromatic rings. The van der Waals surface area contributed by atoms with Crippen LogP contribution in [0, 0.1) is 17.3 Å². The van der Waals surface area contributed by atoms with Crippen molar-refractivity contribution in [1.29, 1.82) is 0 Å². The summed E-state index contributed by atoms with van der Waals surface area (Å²) in [5.74, 6) is 0.665. The van der Waals surface area contributed by atoms with E-state index in [-0.39, 0.29) is 23.2 Å². The standard InChI is InChI=1S/C21H30O3/c1-13-4-7-17(23)10-15(13)5-6-16-11-18(24)12-21(3)19(14(2)22)8-9-20(16)21/h5-6,11,17-20,23-24H,4,7-10,12H2,1-3H3/b6-5+/t17-,18+,19+,20-,21+/m0/s1. The lowest BCUT2D eigenvalue weighted by molar-refractivity contribution is -0.124. The highest BCUT2D eigenvalue weighted by Crippen LogP contribution is 2.56. The molecule has 3 aliphatic carbocycles. The van der Waals surface area contributed by atoms with E-state index < -0.39 is 6.10 Å². The van der Waals surface area contributed by atoms with Gasteiger partial charge < -0.3 is 10.2 Å². The molecule has 5 atom stereocenters. The summed E-state index contributed by atoms with van der Waals surface area (Å²) in [5, 5.41) is 20.3. The van der Waals surface area contributed by atoms with Gasteiger partial charge in [-0.3, -0.25) is 4.79 Å². The number of fused-ring (bicyclic) bond motifs is 1. The largest absolute Gasteiger partial charge is 0.393 e. The fourth-order valence-corrected chi connectivity index (χ4v) is 5.24. The molecular weight excluding hydrogens is 300 g/mol. The second kappa shape index (κ2) is 6.61. The van der Waals surface area contributed by atoms with Crippen LogP contribution in [0.15, 0.2) is 34.9 Å². The summed E-state index contributed by atoms with van der Waals surface area (Å²) in [6, 6.07) is 0. The van der Waals surface area contributed by atoms with Crippen LogP contribution in [-0.4, -0.2) is 28.2 Å². The highest BCUT2D eigenvalue weighted by Gasteiger charge is 2.51. The Hall–Kier alpha value is -1.19. The predicted octanol–water partition coefficient (Wildman–Crippen LogP) is 3.72. The first-order valence-electron chi connectivity index (χ1n) is 9.26. The SMILES string of the molecule is CC(=O)[C@H]1CC[C@H]2C(/C=C/C3=C(C)CC[C@H](O)C3)=C[C@@H](O)C[C@]12C. The fourth-order valence-electron chi connectivity index (χ4n) is 5.24. The summed E-state index contributed by atoms with van der Waals surface area (Å²) in [6.45, 7) is 6.01. The van der Waals surface area contributed by atoms with Crippen molar-refractivity contribution in [2.24, 2.45) is 17.3 Å². The van der Waals surface area contributed by atoms with Crippen molar-refractivity contribution in [3.05, 3.63) is 34.9 Å². The van der Waals surface area contributed by atoms with Gasteiger partial charge in [-0.25, -0.2) is 0 Å². The zero-order valence-electron chi connectivity index (χ0n) is 15.1. The van der Waals surface area contributed by atoms with Gasteiger partial charge in [0, 0.05) is 5.92 Å². The van der Waals surface area contributed by atoms with Crippen LogP contribution in [0.25, 0.3) is 0 Å². The third kappa shape index (κ3) is 3.16. The van der Waals surface area contributed by atoms with Gasteiger partial charge in [0.25, 0.3) is 0 Å². The lowest BCUT2D eigenvalue weighted by atomic mass is 9.63. The molecule has 132 valence electrons. The van der Waals surface area contributed by atoms with Gasteiger partial charge in [-0.2, -0.15) is 0 Å². The Kier molecular flexibility index (Phi) is 4.85. The van der Waals surface area contributed by atoms with Crippen LogP contribution < -0.4 is 0 Å². The molecule has 0 saturated heterocycles. The molecule has 0 aromatic carbocycles. The van der Waals surface area contributed by atoms with Crippen LogP contribution in [-0.2, 0) is 4.79 Å². The maximum atomic E-state index is 12.0. The summed E-state index contributed by atoms with van der Waals surface area (Å²) in [6.07, 6.45) is 10.7. The van der Waals surface area contributed by atoms with Crippen LogP contribution in [0.2, 0.25) is 0 Å². The van der Waals surface area contributed by atoms with Crippen molar-refractivity contribution in [1.82, 2.24) is 0 Å².